The van der Waals surface area contributed by atoms with Crippen LogP contribution in [0.1, 0.15) is 27.8 Å². The van der Waals surface area contributed by atoms with E-state index in [2.05, 4.69) is 0 Å². The van der Waals surface area contributed by atoms with Gasteiger partial charge in [0.1, 0.15) is 0 Å². The molecule has 0 radical (unpaired) electrons. The summed E-state index contributed by atoms with van der Waals surface area (Å²) in [5, 5.41) is 9.64. The maximum atomic E-state index is 13.2. The summed E-state index contributed by atoms with van der Waals surface area (Å²) in [4.78, 5) is 0. The zero-order valence-corrected chi connectivity index (χ0v) is 20.1. The fourth-order valence-corrected chi connectivity index (χ4v) is 3.93. The first-order chi connectivity index (χ1) is 18.6. The molecule has 0 saturated carbocycles. The molecule has 0 aliphatic rings. The molecule has 0 N–H and O–H groups in total. The van der Waals surface area contributed by atoms with Crippen molar-refractivity contribution in [1.82, 2.24) is 0 Å². The predicted octanol–water partition coefficient (Wildman–Crippen LogP) is 10.1. The van der Waals surface area contributed by atoms with E-state index in [9.17, 15) is 44.8 Å². The Hall–Kier alpha value is -4.52. The zero-order valence-electron chi connectivity index (χ0n) is 20.1. The van der Waals surface area contributed by atoms with Crippen molar-refractivity contribution in [3.63, 3.8) is 0 Å². The molecule has 4 aromatic rings. The standard InChI is InChI=1S/C30H16F9N/c31-28(32,33)25-11-9-20(10-12-25)19-3-1-18(2-4-19)13-24(17-40)22-7-5-21(6-8-22)23-14-26(29(34,35)36)16-27(15-23)30(37,38)39/h1-16H/b24-13+. The lowest BCUT2D eigenvalue weighted by Gasteiger charge is -2.14. The monoisotopic (exact) mass is 561 g/mol. The Bertz CT molecular complexity index is 1530. The number of nitriles is 1. The summed E-state index contributed by atoms with van der Waals surface area (Å²) >= 11 is 0. The summed E-state index contributed by atoms with van der Waals surface area (Å²) in [5.74, 6) is 0. The molecule has 4 aromatic carbocycles. The van der Waals surface area contributed by atoms with Crippen LogP contribution in [0.15, 0.2) is 91.0 Å². The van der Waals surface area contributed by atoms with Crippen molar-refractivity contribution < 1.29 is 39.5 Å². The number of allylic oxidation sites excluding steroid dienone is 1. The van der Waals surface area contributed by atoms with Crippen LogP contribution in [0, 0.1) is 11.3 Å². The first-order valence-corrected chi connectivity index (χ1v) is 11.4. The van der Waals surface area contributed by atoms with Gasteiger partial charge in [0.25, 0.3) is 0 Å². The van der Waals surface area contributed by atoms with Gasteiger partial charge in [-0.25, -0.2) is 0 Å². The van der Waals surface area contributed by atoms with Crippen molar-refractivity contribution in [2.24, 2.45) is 0 Å². The molecule has 0 atom stereocenters. The van der Waals surface area contributed by atoms with Crippen LogP contribution in [0.5, 0.6) is 0 Å². The third kappa shape index (κ3) is 6.54. The van der Waals surface area contributed by atoms with Gasteiger partial charge in [0.05, 0.1) is 28.3 Å². The van der Waals surface area contributed by atoms with Gasteiger partial charge in [0.2, 0.25) is 0 Å². The Morgan fingerprint density at radius 1 is 0.500 bits per heavy atom. The third-order valence-corrected chi connectivity index (χ3v) is 6.00. The number of rotatable bonds is 4. The largest absolute Gasteiger partial charge is 0.416 e. The number of benzene rings is 4. The van der Waals surface area contributed by atoms with Crippen molar-refractivity contribution in [1.29, 1.82) is 5.26 Å². The SMILES string of the molecule is N#C/C(=C\c1ccc(-c2ccc(C(F)(F)F)cc2)cc1)c1ccc(-c2cc(C(F)(F)F)cc(C(F)(F)F)c2)cc1. The second-order valence-electron chi connectivity index (χ2n) is 8.74. The topological polar surface area (TPSA) is 23.8 Å². The first-order valence-electron chi connectivity index (χ1n) is 11.4. The van der Waals surface area contributed by atoms with E-state index in [-0.39, 0.29) is 22.8 Å². The molecule has 0 amide bonds. The zero-order chi connectivity index (χ0) is 29.3. The molecular weight excluding hydrogens is 545 g/mol. The molecule has 0 bridgehead atoms. The van der Waals surface area contributed by atoms with Gasteiger partial charge >= 0.3 is 18.5 Å². The van der Waals surface area contributed by atoms with E-state index in [4.69, 9.17) is 0 Å². The highest BCUT2D eigenvalue weighted by Crippen LogP contribution is 2.39. The fourth-order valence-electron chi connectivity index (χ4n) is 3.93. The molecule has 0 aromatic heterocycles. The van der Waals surface area contributed by atoms with E-state index < -0.39 is 35.2 Å². The number of hydrogen-bond donors (Lipinski definition) is 0. The highest BCUT2D eigenvalue weighted by molar-refractivity contribution is 5.90. The van der Waals surface area contributed by atoms with Crippen LogP contribution in [0.2, 0.25) is 0 Å². The average Bonchev–Trinajstić information content (AvgIpc) is 2.90. The normalized spacial score (nSPS) is 12.8. The van der Waals surface area contributed by atoms with Crippen molar-refractivity contribution in [3.05, 3.63) is 119 Å². The van der Waals surface area contributed by atoms with E-state index in [0.717, 1.165) is 12.1 Å². The molecule has 0 saturated heterocycles. The van der Waals surface area contributed by atoms with Gasteiger partial charge in [-0.3, -0.25) is 0 Å². The van der Waals surface area contributed by atoms with Gasteiger partial charge in [-0.05, 0) is 69.8 Å². The molecule has 0 aliphatic heterocycles. The van der Waals surface area contributed by atoms with Crippen LogP contribution in [0.4, 0.5) is 39.5 Å². The Morgan fingerprint density at radius 3 is 1.32 bits per heavy atom. The lowest BCUT2D eigenvalue weighted by atomic mass is 9.96. The van der Waals surface area contributed by atoms with E-state index in [1.807, 2.05) is 6.07 Å². The Labute approximate surface area is 222 Å². The van der Waals surface area contributed by atoms with Crippen LogP contribution in [-0.4, -0.2) is 0 Å². The van der Waals surface area contributed by atoms with Crippen LogP contribution in [-0.2, 0) is 18.5 Å². The molecule has 0 fully saturated rings. The van der Waals surface area contributed by atoms with Crippen molar-refractivity contribution in [3.8, 4) is 28.3 Å². The second-order valence-corrected chi connectivity index (χ2v) is 8.74. The molecule has 4 rings (SSSR count). The molecule has 0 aliphatic carbocycles. The van der Waals surface area contributed by atoms with Gasteiger partial charge in [-0.2, -0.15) is 44.8 Å². The van der Waals surface area contributed by atoms with Gasteiger partial charge in [-0.15, -0.1) is 0 Å². The van der Waals surface area contributed by atoms with Crippen molar-refractivity contribution in [2.75, 3.05) is 0 Å². The highest BCUT2D eigenvalue weighted by Gasteiger charge is 2.37. The predicted molar refractivity (Wildman–Crippen MR) is 132 cm³/mol. The van der Waals surface area contributed by atoms with Crippen LogP contribution in [0.3, 0.4) is 0 Å². The molecule has 0 unspecified atom stereocenters. The minimum Gasteiger partial charge on any atom is -0.192 e. The molecule has 40 heavy (non-hydrogen) atoms. The van der Waals surface area contributed by atoms with Gasteiger partial charge in [-0.1, -0.05) is 60.7 Å². The lowest BCUT2D eigenvalue weighted by molar-refractivity contribution is -0.143. The molecular formula is C30H16F9N. The third-order valence-electron chi connectivity index (χ3n) is 6.00. The van der Waals surface area contributed by atoms with Gasteiger partial charge in [0.15, 0.2) is 0 Å². The molecule has 10 heteroatoms. The maximum absolute atomic E-state index is 13.2. The Morgan fingerprint density at radius 2 is 0.900 bits per heavy atom. The summed E-state index contributed by atoms with van der Waals surface area (Å²) in [5.41, 5.74) is -1.48. The minimum absolute atomic E-state index is 0.0528. The molecule has 0 spiro atoms. The van der Waals surface area contributed by atoms with E-state index in [1.54, 1.807) is 24.3 Å². The summed E-state index contributed by atoms with van der Waals surface area (Å²) in [7, 11) is 0. The minimum atomic E-state index is -4.98. The summed E-state index contributed by atoms with van der Waals surface area (Å²) in [6.07, 6.45) is -12.9. The van der Waals surface area contributed by atoms with E-state index in [0.29, 0.717) is 34.4 Å². The summed E-state index contributed by atoms with van der Waals surface area (Å²) < 4.78 is 118. The smallest absolute Gasteiger partial charge is 0.192 e. The second kappa shape index (κ2) is 10.6. The summed E-state index contributed by atoms with van der Waals surface area (Å²) in [6.45, 7) is 0. The van der Waals surface area contributed by atoms with Crippen LogP contribution >= 0.6 is 0 Å². The van der Waals surface area contributed by atoms with Crippen molar-refractivity contribution in [2.45, 2.75) is 18.5 Å². The average molecular weight is 561 g/mol. The fraction of sp³-hybridized carbons (Fsp3) is 0.100. The van der Waals surface area contributed by atoms with Crippen LogP contribution < -0.4 is 0 Å². The highest BCUT2D eigenvalue weighted by atomic mass is 19.4. The van der Waals surface area contributed by atoms with E-state index >= 15 is 0 Å². The van der Waals surface area contributed by atoms with Crippen molar-refractivity contribution >= 4 is 11.6 Å². The van der Waals surface area contributed by atoms with E-state index in [1.165, 1.54) is 42.5 Å². The Kier molecular flexibility index (Phi) is 7.52. The summed E-state index contributed by atoms with van der Waals surface area (Å²) in [6, 6.07) is 20.1. The number of alkyl halides is 9. The van der Waals surface area contributed by atoms with Gasteiger partial charge in [0, 0.05) is 0 Å². The number of nitrogens with zero attached hydrogens (tertiary/aromatic N) is 1. The Balaban J connectivity index is 1.59. The number of halogens is 9. The lowest BCUT2D eigenvalue weighted by Crippen LogP contribution is -2.11. The first kappa shape index (κ1) is 28.5. The number of hydrogen-bond acceptors (Lipinski definition) is 1. The van der Waals surface area contributed by atoms with Crippen LogP contribution in [0.25, 0.3) is 33.9 Å². The van der Waals surface area contributed by atoms with Gasteiger partial charge < -0.3 is 0 Å². The molecule has 204 valence electrons. The maximum Gasteiger partial charge on any atom is 0.416 e. The quantitative estimate of drug-likeness (QED) is 0.138. The molecule has 0 heterocycles. The molecule has 1 nitrogen and oxygen atoms in total.